The number of carbonyl (C=O) groups excluding carboxylic acids is 1. The quantitative estimate of drug-likeness (QED) is 0.679. The second kappa shape index (κ2) is 9.95. The van der Waals surface area contributed by atoms with E-state index in [4.69, 9.17) is 4.98 Å². The van der Waals surface area contributed by atoms with Crippen LogP contribution in [0.5, 0.6) is 0 Å². The number of aromatic nitrogens is 1. The van der Waals surface area contributed by atoms with E-state index in [1.54, 1.807) is 11.3 Å². The number of amides is 1. The fourth-order valence-corrected chi connectivity index (χ4v) is 6.02. The van der Waals surface area contributed by atoms with E-state index >= 15 is 0 Å². The lowest BCUT2D eigenvalue weighted by atomic mass is 9.74. The van der Waals surface area contributed by atoms with E-state index in [0.717, 1.165) is 68.8 Å². The van der Waals surface area contributed by atoms with Crippen LogP contribution in [0.25, 0.3) is 10.2 Å². The van der Waals surface area contributed by atoms with E-state index in [2.05, 4.69) is 42.3 Å². The zero-order chi connectivity index (χ0) is 18.9. The molecule has 0 bridgehead atoms. The lowest BCUT2D eigenvalue weighted by molar-refractivity contribution is -0.145. The molecule has 0 unspecified atom stereocenters. The summed E-state index contributed by atoms with van der Waals surface area (Å²) in [7, 11) is 0. The minimum atomic E-state index is -0.313. The molecular weight excluding hydrogens is 425 g/mol. The van der Waals surface area contributed by atoms with Crippen molar-refractivity contribution in [1.82, 2.24) is 15.2 Å². The predicted octanol–water partition coefficient (Wildman–Crippen LogP) is 5.09. The number of para-hydroxylation sites is 1. The first-order valence-corrected chi connectivity index (χ1v) is 11.3. The number of likely N-dealkylation sites (tertiary alicyclic amines) is 1. The summed E-state index contributed by atoms with van der Waals surface area (Å²) in [5, 5.41) is 4.61. The second-order valence-electron chi connectivity index (χ2n) is 8.46. The third kappa shape index (κ3) is 4.73. The van der Waals surface area contributed by atoms with Gasteiger partial charge in [0.2, 0.25) is 5.91 Å². The second-order valence-corrected chi connectivity index (χ2v) is 9.57. The summed E-state index contributed by atoms with van der Waals surface area (Å²) in [5.41, 5.74) is 1.19. The van der Waals surface area contributed by atoms with E-state index in [1.807, 2.05) is 6.07 Å². The zero-order valence-electron chi connectivity index (χ0n) is 17.4. The van der Waals surface area contributed by atoms with Crippen molar-refractivity contribution in [3.63, 3.8) is 0 Å². The third-order valence-corrected chi connectivity index (χ3v) is 8.11. The molecule has 2 aromatic rings. The van der Waals surface area contributed by atoms with Crippen molar-refractivity contribution in [2.45, 2.75) is 52.4 Å². The fourth-order valence-electron chi connectivity index (χ4n) is 4.90. The number of nitrogens with one attached hydrogen (secondary N) is 1. The normalized spacial score (nSPS) is 18.5. The molecule has 2 fully saturated rings. The van der Waals surface area contributed by atoms with Gasteiger partial charge in [0.1, 0.15) is 0 Å². The summed E-state index contributed by atoms with van der Waals surface area (Å²) >= 11 is 1.74. The fraction of sp³-hybridized carbons (Fsp3) is 0.636. The molecule has 0 radical (unpaired) electrons. The van der Waals surface area contributed by atoms with Crippen molar-refractivity contribution >= 4 is 52.3 Å². The summed E-state index contributed by atoms with van der Waals surface area (Å²) < 4.78 is 1.22. The molecule has 0 saturated carbocycles. The van der Waals surface area contributed by atoms with Crippen LogP contribution in [0, 0.1) is 10.8 Å². The number of fused-ring (bicyclic) bond motifs is 1. The molecule has 0 atom stereocenters. The number of hydrogen-bond donors (Lipinski definition) is 1. The van der Waals surface area contributed by atoms with E-state index in [9.17, 15) is 4.79 Å². The van der Waals surface area contributed by atoms with E-state index in [0.29, 0.717) is 11.3 Å². The zero-order valence-corrected chi connectivity index (χ0v) is 19.9. The molecule has 0 aliphatic carbocycles. The van der Waals surface area contributed by atoms with Crippen LogP contribution >= 0.6 is 36.2 Å². The van der Waals surface area contributed by atoms with Gasteiger partial charge in [0.05, 0.1) is 20.6 Å². The largest absolute Gasteiger partial charge is 0.342 e. The molecule has 1 aromatic heterocycles. The van der Waals surface area contributed by atoms with Crippen molar-refractivity contribution in [2.75, 3.05) is 26.2 Å². The van der Waals surface area contributed by atoms with Crippen molar-refractivity contribution < 1.29 is 4.79 Å². The highest BCUT2D eigenvalue weighted by atomic mass is 35.5. The minimum Gasteiger partial charge on any atom is -0.342 e. The molecule has 29 heavy (non-hydrogen) atoms. The first-order chi connectivity index (χ1) is 13.1. The number of rotatable bonds is 5. The Hall–Kier alpha value is -0.880. The van der Waals surface area contributed by atoms with Gasteiger partial charge in [0.25, 0.3) is 0 Å². The van der Waals surface area contributed by atoms with Crippen molar-refractivity contribution in [3.8, 4) is 0 Å². The Labute approximate surface area is 190 Å². The maximum Gasteiger partial charge on any atom is 0.229 e. The molecule has 2 aliphatic heterocycles. The average Bonchev–Trinajstić information content (AvgIpc) is 3.33. The molecule has 2 saturated heterocycles. The molecule has 2 aliphatic rings. The Bertz CT molecular complexity index is 772. The van der Waals surface area contributed by atoms with Crippen molar-refractivity contribution in [1.29, 1.82) is 0 Å². The van der Waals surface area contributed by atoms with Crippen LogP contribution in [0.2, 0.25) is 0 Å². The van der Waals surface area contributed by atoms with Gasteiger partial charge in [0, 0.05) is 26.1 Å². The molecule has 7 heteroatoms. The Morgan fingerprint density at radius 1 is 1.17 bits per heavy atom. The first-order valence-electron chi connectivity index (χ1n) is 10.4. The van der Waals surface area contributed by atoms with Gasteiger partial charge < -0.3 is 10.2 Å². The maximum absolute atomic E-state index is 13.6. The Kier molecular flexibility index (Phi) is 8.37. The number of piperidine rings is 1. The van der Waals surface area contributed by atoms with Gasteiger partial charge in [-0.2, -0.15) is 0 Å². The standard InChI is InChI=1S/C22H31N3OS.2ClH/c1-3-22(4-2,15-19-24-17-7-5-6-8-18(17)27-19)20(26)25-13-10-21(11-14-25)9-12-23-16-21;;/h5-8,23H,3-4,9-16H2,1-2H3;2*1H. The summed E-state index contributed by atoms with van der Waals surface area (Å²) in [5.74, 6) is 0.354. The summed E-state index contributed by atoms with van der Waals surface area (Å²) in [4.78, 5) is 20.6. The van der Waals surface area contributed by atoms with Gasteiger partial charge in [-0.25, -0.2) is 4.98 Å². The van der Waals surface area contributed by atoms with E-state index in [-0.39, 0.29) is 30.2 Å². The molecule has 4 nitrogen and oxygen atoms in total. The lowest BCUT2D eigenvalue weighted by Crippen LogP contribution is -2.50. The van der Waals surface area contributed by atoms with Crippen LogP contribution in [-0.2, 0) is 11.2 Å². The minimum absolute atomic E-state index is 0. The van der Waals surface area contributed by atoms with Crippen molar-refractivity contribution in [3.05, 3.63) is 29.3 Å². The molecule has 1 amide bonds. The molecular formula is C22H33Cl2N3OS. The molecule has 1 aromatic carbocycles. The first kappa shape index (κ1) is 24.4. The van der Waals surface area contributed by atoms with Gasteiger partial charge in [-0.3, -0.25) is 4.79 Å². The molecule has 3 heterocycles. The predicted molar refractivity (Wildman–Crippen MR) is 127 cm³/mol. The van der Waals surface area contributed by atoms with Crippen LogP contribution in [0.3, 0.4) is 0 Å². The molecule has 162 valence electrons. The average molecular weight is 458 g/mol. The van der Waals surface area contributed by atoms with E-state index < -0.39 is 0 Å². The van der Waals surface area contributed by atoms with Gasteiger partial charge >= 0.3 is 0 Å². The summed E-state index contributed by atoms with van der Waals surface area (Å²) in [6.07, 6.45) is 6.09. The molecule has 1 spiro atoms. The Balaban J connectivity index is 0.00000150. The van der Waals surface area contributed by atoms with Crippen LogP contribution in [0.4, 0.5) is 0 Å². The third-order valence-electron chi connectivity index (χ3n) is 7.08. The number of hydrogen-bond acceptors (Lipinski definition) is 4. The maximum atomic E-state index is 13.6. The monoisotopic (exact) mass is 457 g/mol. The highest BCUT2D eigenvalue weighted by molar-refractivity contribution is 7.18. The summed E-state index contributed by atoms with van der Waals surface area (Å²) in [6.45, 7) is 8.44. The highest BCUT2D eigenvalue weighted by Gasteiger charge is 2.43. The van der Waals surface area contributed by atoms with Gasteiger partial charge in [-0.05, 0) is 56.2 Å². The van der Waals surface area contributed by atoms with Gasteiger partial charge in [0.15, 0.2) is 0 Å². The smallest absolute Gasteiger partial charge is 0.229 e. The SMILES string of the molecule is CCC(CC)(Cc1nc2ccccc2s1)C(=O)N1CCC2(CCNC2)CC1.Cl.Cl. The number of halogens is 2. The molecule has 4 rings (SSSR count). The van der Waals surface area contributed by atoms with Gasteiger partial charge in [-0.1, -0.05) is 26.0 Å². The Morgan fingerprint density at radius 2 is 1.86 bits per heavy atom. The number of thiazole rings is 1. The number of nitrogens with zero attached hydrogens (tertiary/aromatic N) is 2. The van der Waals surface area contributed by atoms with Crippen molar-refractivity contribution in [2.24, 2.45) is 10.8 Å². The topological polar surface area (TPSA) is 45.2 Å². The number of benzene rings is 1. The number of carbonyl (C=O) groups is 1. The lowest BCUT2D eigenvalue weighted by Gasteiger charge is -2.43. The molecule has 1 N–H and O–H groups in total. The van der Waals surface area contributed by atoms with Crippen LogP contribution in [0.15, 0.2) is 24.3 Å². The Morgan fingerprint density at radius 3 is 2.45 bits per heavy atom. The van der Waals surface area contributed by atoms with Crippen LogP contribution in [-0.4, -0.2) is 42.0 Å². The highest BCUT2D eigenvalue weighted by Crippen LogP contribution is 2.40. The van der Waals surface area contributed by atoms with Crippen LogP contribution < -0.4 is 5.32 Å². The summed E-state index contributed by atoms with van der Waals surface area (Å²) in [6, 6.07) is 8.28. The van der Waals surface area contributed by atoms with Crippen LogP contribution in [0.1, 0.15) is 51.0 Å². The van der Waals surface area contributed by atoms with Gasteiger partial charge in [-0.15, -0.1) is 36.2 Å². The van der Waals surface area contributed by atoms with E-state index in [1.165, 1.54) is 11.1 Å².